The van der Waals surface area contributed by atoms with E-state index in [-0.39, 0.29) is 0 Å². The van der Waals surface area contributed by atoms with Gasteiger partial charge in [0.1, 0.15) is 0 Å². The molecule has 1 aromatic heterocycles. The van der Waals surface area contributed by atoms with Gasteiger partial charge in [-0.05, 0) is 24.6 Å². The molecule has 2 rings (SSSR count). The van der Waals surface area contributed by atoms with Crippen molar-refractivity contribution in [2.24, 2.45) is 0 Å². The third-order valence-corrected chi connectivity index (χ3v) is 3.83. The van der Waals surface area contributed by atoms with Crippen LogP contribution in [0, 0.1) is 0 Å². The molecule has 0 radical (unpaired) electrons. The van der Waals surface area contributed by atoms with Crippen molar-refractivity contribution in [2.45, 2.75) is 25.8 Å². The SMILES string of the molecule is CNCc1ccc(CC(C)c2nccs2)cc1. The summed E-state index contributed by atoms with van der Waals surface area (Å²) < 4.78 is 0. The van der Waals surface area contributed by atoms with Crippen LogP contribution in [-0.4, -0.2) is 12.0 Å². The number of hydrogen-bond donors (Lipinski definition) is 1. The Labute approximate surface area is 107 Å². The van der Waals surface area contributed by atoms with Gasteiger partial charge < -0.3 is 5.32 Å². The van der Waals surface area contributed by atoms with E-state index >= 15 is 0 Å². The van der Waals surface area contributed by atoms with Gasteiger partial charge in [-0.2, -0.15) is 0 Å². The predicted molar refractivity (Wildman–Crippen MR) is 73.4 cm³/mol. The molecular weight excluding hydrogens is 228 g/mol. The molecule has 0 spiro atoms. The van der Waals surface area contributed by atoms with Gasteiger partial charge in [-0.1, -0.05) is 31.2 Å². The average molecular weight is 246 g/mol. The van der Waals surface area contributed by atoms with E-state index < -0.39 is 0 Å². The Morgan fingerprint density at radius 1 is 1.24 bits per heavy atom. The van der Waals surface area contributed by atoms with Gasteiger partial charge in [0.2, 0.25) is 0 Å². The Balaban J connectivity index is 1.99. The lowest BCUT2D eigenvalue weighted by molar-refractivity contribution is 0.749. The maximum absolute atomic E-state index is 4.37. The highest BCUT2D eigenvalue weighted by atomic mass is 32.1. The van der Waals surface area contributed by atoms with Gasteiger partial charge in [0.25, 0.3) is 0 Å². The van der Waals surface area contributed by atoms with Gasteiger partial charge in [-0.3, -0.25) is 0 Å². The fraction of sp³-hybridized carbons (Fsp3) is 0.357. The first-order valence-electron chi connectivity index (χ1n) is 5.91. The lowest BCUT2D eigenvalue weighted by Crippen LogP contribution is -2.05. The Bertz CT molecular complexity index is 434. The zero-order valence-corrected chi connectivity index (χ0v) is 11.1. The molecule has 3 heteroatoms. The van der Waals surface area contributed by atoms with Crippen molar-refractivity contribution < 1.29 is 0 Å². The number of thiazole rings is 1. The van der Waals surface area contributed by atoms with Crippen LogP contribution in [0.1, 0.15) is 29.0 Å². The molecule has 2 aromatic rings. The molecule has 17 heavy (non-hydrogen) atoms. The molecule has 0 bridgehead atoms. The van der Waals surface area contributed by atoms with Crippen molar-refractivity contribution in [3.63, 3.8) is 0 Å². The summed E-state index contributed by atoms with van der Waals surface area (Å²) in [6.07, 6.45) is 2.94. The fourth-order valence-electron chi connectivity index (χ4n) is 1.92. The molecule has 0 saturated heterocycles. The molecule has 1 aromatic carbocycles. The van der Waals surface area contributed by atoms with E-state index in [4.69, 9.17) is 0 Å². The molecule has 1 N–H and O–H groups in total. The van der Waals surface area contributed by atoms with Crippen LogP contribution in [0.25, 0.3) is 0 Å². The molecule has 0 aliphatic heterocycles. The molecule has 1 atom stereocenters. The molecule has 1 heterocycles. The largest absolute Gasteiger partial charge is 0.316 e. The quantitative estimate of drug-likeness (QED) is 0.876. The maximum atomic E-state index is 4.37. The molecule has 0 fully saturated rings. The van der Waals surface area contributed by atoms with Gasteiger partial charge in [0.15, 0.2) is 0 Å². The topological polar surface area (TPSA) is 24.9 Å². The van der Waals surface area contributed by atoms with Crippen molar-refractivity contribution in [3.05, 3.63) is 52.0 Å². The average Bonchev–Trinajstić information content (AvgIpc) is 2.86. The van der Waals surface area contributed by atoms with E-state index in [0.717, 1.165) is 13.0 Å². The molecule has 90 valence electrons. The summed E-state index contributed by atoms with van der Waals surface area (Å²) in [7, 11) is 1.97. The fourth-order valence-corrected chi connectivity index (χ4v) is 2.61. The zero-order chi connectivity index (χ0) is 12.1. The number of aromatic nitrogens is 1. The smallest absolute Gasteiger partial charge is 0.0956 e. The molecular formula is C14H18N2S. The molecule has 2 nitrogen and oxygen atoms in total. The van der Waals surface area contributed by atoms with Crippen molar-refractivity contribution in [3.8, 4) is 0 Å². The molecule has 1 unspecified atom stereocenters. The Morgan fingerprint density at radius 3 is 2.53 bits per heavy atom. The van der Waals surface area contributed by atoms with Crippen LogP contribution in [0.3, 0.4) is 0 Å². The summed E-state index contributed by atoms with van der Waals surface area (Å²) in [6, 6.07) is 8.83. The second kappa shape index (κ2) is 5.94. The lowest BCUT2D eigenvalue weighted by Gasteiger charge is -2.09. The van der Waals surface area contributed by atoms with Gasteiger partial charge in [-0.15, -0.1) is 11.3 Å². The normalized spacial score (nSPS) is 12.6. The van der Waals surface area contributed by atoms with Crippen molar-refractivity contribution >= 4 is 11.3 Å². The minimum absolute atomic E-state index is 0.505. The summed E-state index contributed by atoms with van der Waals surface area (Å²) in [5.41, 5.74) is 2.71. The summed E-state index contributed by atoms with van der Waals surface area (Å²) >= 11 is 1.74. The third kappa shape index (κ3) is 3.38. The van der Waals surface area contributed by atoms with Gasteiger partial charge in [0, 0.05) is 24.0 Å². The Morgan fingerprint density at radius 2 is 1.94 bits per heavy atom. The second-order valence-corrected chi connectivity index (χ2v) is 5.25. The van der Waals surface area contributed by atoms with Crippen LogP contribution < -0.4 is 5.32 Å². The summed E-state index contributed by atoms with van der Waals surface area (Å²) in [5, 5.41) is 6.43. The van der Waals surface area contributed by atoms with E-state index in [9.17, 15) is 0 Å². The number of hydrogen-bond acceptors (Lipinski definition) is 3. The van der Waals surface area contributed by atoms with E-state index in [0.29, 0.717) is 5.92 Å². The zero-order valence-electron chi connectivity index (χ0n) is 10.3. The third-order valence-electron chi connectivity index (χ3n) is 2.82. The minimum atomic E-state index is 0.505. The van der Waals surface area contributed by atoms with E-state index in [2.05, 4.69) is 41.5 Å². The molecule has 0 aliphatic rings. The first-order valence-corrected chi connectivity index (χ1v) is 6.79. The van der Waals surface area contributed by atoms with Crippen LogP contribution in [0.4, 0.5) is 0 Å². The highest BCUT2D eigenvalue weighted by Crippen LogP contribution is 2.22. The first kappa shape index (κ1) is 12.3. The molecule has 0 aliphatic carbocycles. The number of nitrogens with zero attached hydrogens (tertiary/aromatic N) is 1. The van der Waals surface area contributed by atoms with Gasteiger partial charge in [0.05, 0.1) is 5.01 Å². The van der Waals surface area contributed by atoms with Crippen molar-refractivity contribution in [2.75, 3.05) is 7.05 Å². The number of nitrogens with one attached hydrogen (secondary N) is 1. The van der Waals surface area contributed by atoms with Gasteiger partial charge in [-0.25, -0.2) is 4.98 Å². The summed E-state index contributed by atoms with van der Waals surface area (Å²) in [5.74, 6) is 0.505. The number of rotatable bonds is 5. The van der Waals surface area contributed by atoms with Crippen LogP contribution in [0.15, 0.2) is 35.8 Å². The predicted octanol–water partition coefficient (Wildman–Crippen LogP) is 3.21. The van der Waals surface area contributed by atoms with Crippen LogP contribution in [0.2, 0.25) is 0 Å². The molecule has 0 amide bonds. The van der Waals surface area contributed by atoms with E-state index in [1.54, 1.807) is 11.3 Å². The van der Waals surface area contributed by atoms with Crippen LogP contribution in [0.5, 0.6) is 0 Å². The maximum Gasteiger partial charge on any atom is 0.0956 e. The second-order valence-electron chi connectivity index (χ2n) is 4.32. The monoisotopic (exact) mass is 246 g/mol. The summed E-state index contributed by atoms with van der Waals surface area (Å²) in [6.45, 7) is 3.17. The van der Waals surface area contributed by atoms with Crippen molar-refractivity contribution in [1.29, 1.82) is 0 Å². The Hall–Kier alpha value is -1.19. The first-order chi connectivity index (χ1) is 8.29. The number of benzene rings is 1. The lowest BCUT2D eigenvalue weighted by atomic mass is 10.0. The minimum Gasteiger partial charge on any atom is -0.316 e. The standard InChI is InChI=1S/C14H18N2S/c1-11(14-16-7-8-17-14)9-12-3-5-13(6-4-12)10-15-2/h3-8,11,15H,9-10H2,1-2H3. The van der Waals surface area contributed by atoms with Crippen LogP contribution >= 0.6 is 11.3 Å². The highest BCUT2D eigenvalue weighted by molar-refractivity contribution is 7.09. The summed E-state index contributed by atoms with van der Waals surface area (Å²) in [4.78, 5) is 4.37. The van der Waals surface area contributed by atoms with Gasteiger partial charge >= 0.3 is 0 Å². The Kier molecular flexibility index (Phi) is 4.29. The molecule has 0 saturated carbocycles. The van der Waals surface area contributed by atoms with Crippen LogP contribution in [-0.2, 0) is 13.0 Å². The highest BCUT2D eigenvalue weighted by Gasteiger charge is 2.08. The van der Waals surface area contributed by atoms with E-state index in [1.165, 1.54) is 16.1 Å². The van der Waals surface area contributed by atoms with E-state index in [1.807, 2.05) is 18.6 Å². The van der Waals surface area contributed by atoms with Crippen molar-refractivity contribution in [1.82, 2.24) is 10.3 Å².